The summed E-state index contributed by atoms with van der Waals surface area (Å²) in [4.78, 5) is 9.03. The summed E-state index contributed by atoms with van der Waals surface area (Å²) in [5, 5.41) is 21.4. The van der Waals surface area contributed by atoms with Crippen LogP contribution in [0.15, 0.2) is 192 Å². The number of aliphatic hydroxyl groups excluding tert-OH is 2. The molecule has 404 valence electrons. The SMILES string of the molecule is Cl.Cl.N[C@@H](c1ccccc1)[C@@H](NCCP)c1ccccc1.O.OC1CCC(O)PC1.[Ar].[Ar].[Ar].[Ar].[CH2-]CC=N[C@@H](c1ccccc1)[C@@H]([NH-])c1ccccc1.[CH2-]CC=N[C@@H](c1ccccc1)[C@@H]([NH-])c1ccccc1.[Fe+4]. The smallest absolute Gasteiger partial charge is 0.669 e. The van der Waals surface area contributed by atoms with E-state index in [4.69, 9.17) is 27.4 Å². The first-order valence-electron chi connectivity index (χ1n) is 22.4. The van der Waals surface area contributed by atoms with Crippen LogP contribution in [0.3, 0.4) is 0 Å². The predicted octanol–water partition coefficient (Wildman–Crippen LogP) is 12.7. The molecule has 1 aliphatic heterocycles. The van der Waals surface area contributed by atoms with Crippen LogP contribution in [0.5, 0.6) is 0 Å². The van der Waals surface area contributed by atoms with Crippen molar-refractivity contribution < 1.29 is 184 Å². The second-order valence-electron chi connectivity index (χ2n) is 15.5. The molecule has 6 aromatic rings. The second kappa shape index (κ2) is 51.5. The predicted molar refractivity (Wildman–Crippen MR) is 300 cm³/mol. The largest absolute Gasteiger partial charge is 4.00 e. The van der Waals surface area contributed by atoms with Gasteiger partial charge in [0, 0.05) is 157 Å². The van der Waals surface area contributed by atoms with E-state index in [2.05, 4.69) is 74.8 Å². The van der Waals surface area contributed by atoms with Gasteiger partial charge in [0.2, 0.25) is 0 Å². The van der Waals surface area contributed by atoms with Crippen LogP contribution in [-0.2, 0) is 17.1 Å². The number of rotatable bonds is 16. The Labute approximate surface area is 584 Å². The summed E-state index contributed by atoms with van der Waals surface area (Å²) >= 11 is 0. The zero-order chi connectivity index (χ0) is 46.5. The van der Waals surface area contributed by atoms with E-state index in [0.29, 0.717) is 21.4 Å². The van der Waals surface area contributed by atoms with E-state index < -0.39 is 12.1 Å². The number of nitrogens with two attached hydrogens (primary N) is 1. The molecule has 1 heterocycles. The zero-order valence-electron chi connectivity index (χ0n) is 40.5. The van der Waals surface area contributed by atoms with Crippen LogP contribution in [0.2, 0.25) is 0 Å². The van der Waals surface area contributed by atoms with E-state index in [9.17, 15) is 0 Å². The Morgan fingerprint density at radius 3 is 1.18 bits per heavy atom. The fraction of sp³-hybridized carbons (Fsp3) is 0.273. The molecule has 0 bridgehead atoms. The van der Waals surface area contributed by atoms with Crippen molar-refractivity contribution >= 4 is 55.1 Å². The van der Waals surface area contributed by atoms with Crippen molar-refractivity contribution in [1.29, 1.82) is 0 Å². The van der Waals surface area contributed by atoms with Crippen LogP contribution in [0, 0.1) is 165 Å². The minimum atomic E-state index is -0.397. The third kappa shape index (κ3) is 32.4. The van der Waals surface area contributed by atoms with Gasteiger partial charge in [-0.05, 0) is 66.4 Å². The first-order chi connectivity index (χ1) is 31.8. The molecule has 7 rings (SSSR count). The van der Waals surface area contributed by atoms with E-state index in [1.165, 1.54) is 5.56 Å². The number of nitrogens with zero attached hydrogens (tertiary/aromatic N) is 2. The van der Waals surface area contributed by atoms with Gasteiger partial charge in [0.25, 0.3) is 0 Å². The molecule has 0 aromatic heterocycles. The van der Waals surface area contributed by atoms with E-state index in [1.807, 2.05) is 146 Å². The van der Waals surface area contributed by atoms with E-state index >= 15 is 0 Å². The standard InChI is InChI=1S/2C17H18N2.C16H21N2P.C5H11O2P.4Ar.2ClH.Fe.H2O/c2*1-2-13-19-17(15-11-7-4-8-12-15)16(18)14-9-5-3-6-10-14;17-15(13-7-3-1-4-8-13)16(18-11-12-19)14-9-5-2-6-10-14;6-4-1-2-5(7)8-3-4;;;;;;;;/h2*3-13,16-18H,1-2H2;1-10,15-16,18H,11-12,17,19H2;4-8H,1-3H2;;;;;2*1H;;1H2/q2*-2;;;;;;;;;+4;/t2*16-,17-;15-,16-;;;;;;;;;/m000........./s1. The number of aliphatic imine (C=N–C) groups is 2. The minimum absolute atomic E-state index is 0. The van der Waals surface area contributed by atoms with Gasteiger partial charge in [-0.25, -0.2) is 0 Å². The topological polar surface area (TPSA) is 182 Å². The summed E-state index contributed by atoms with van der Waals surface area (Å²) in [6.45, 7) is 8.48. The molecule has 0 radical (unpaired) electrons. The average Bonchev–Trinajstić information content (AvgIpc) is 3.37. The van der Waals surface area contributed by atoms with Gasteiger partial charge in [-0.3, -0.25) is 9.98 Å². The minimum Gasteiger partial charge on any atom is -0.669 e. The van der Waals surface area contributed by atoms with Gasteiger partial charge < -0.3 is 52.1 Å². The van der Waals surface area contributed by atoms with E-state index in [-0.39, 0.29) is 234 Å². The Kier molecular flexibility index (Phi) is 58.7. The molecule has 0 amide bonds. The van der Waals surface area contributed by atoms with Crippen molar-refractivity contribution in [3.63, 3.8) is 0 Å². The Balaban J connectivity index is -0.000000280. The summed E-state index contributed by atoms with van der Waals surface area (Å²) in [6.07, 6.45) is 8.15. The van der Waals surface area contributed by atoms with Crippen molar-refractivity contribution in [2.45, 2.75) is 73.9 Å². The van der Waals surface area contributed by atoms with E-state index in [1.54, 1.807) is 12.4 Å². The molecule has 73 heavy (non-hydrogen) atoms. The quantitative estimate of drug-likeness (QED) is 0.0326. The van der Waals surface area contributed by atoms with Crippen LogP contribution < -0.4 is 11.1 Å². The van der Waals surface area contributed by atoms with Gasteiger partial charge in [-0.1, -0.05) is 214 Å². The molecular weight excluding hydrogens is 1140 g/mol. The fourth-order valence-corrected chi connectivity index (χ4v) is 8.42. The molecular formula is C55H72Ar4Cl2FeN6O3P2. The molecule has 9 N–H and O–H groups in total. The van der Waals surface area contributed by atoms with Gasteiger partial charge in [-0.2, -0.15) is 0 Å². The van der Waals surface area contributed by atoms with Crippen LogP contribution in [0.1, 0.15) is 95.3 Å². The number of aliphatic hydroxyl groups is 2. The molecule has 0 spiro atoms. The molecule has 0 aliphatic carbocycles. The number of benzene rings is 6. The number of hydrogen-bond donors (Lipinski definition) is 4. The molecule has 18 heteroatoms. The Morgan fingerprint density at radius 1 is 0.575 bits per heavy atom. The first kappa shape index (κ1) is 83.2. The summed E-state index contributed by atoms with van der Waals surface area (Å²) in [7, 11) is 3.30. The van der Waals surface area contributed by atoms with Crippen molar-refractivity contribution in [3.05, 3.63) is 241 Å². The summed E-state index contributed by atoms with van der Waals surface area (Å²) < 4.78 is 0. The summed E-state index contributed by atoms with van der Waals surface area (Å²) in [5.74, 6) is -0.113. The number of nitrogens with one attached hydrogen (secondary N) is 3. The van der Waals surface area contributed by atoms with Gasteiger partial charge in [0.05, 0.1) is 30.1 Å². The average molecular weight is 1210 g/mol. The molecule has 6 aromatic carbocycles. The van der Waals surface area contributed by atoms with Crippen LogP contribution in [0.4, 0.5) is 0 Å². The van der Waals surface area contributed by atoms with Crippen molar-refractivity contribution in [1.82, 2.24) is 5.32 Å². The van der Waals surface area contributed by atoms with Crippen LogP contribution in [0.25, 0.3) is 11.5 Å². The van der Waals surface area contributed by atoms with Crippen molar-refractivity contribution in [2.24, 2.45) is 15.7 Å². The summed E-state index contributed by atoms with van der Waals surface area (Å²) in [6, 6.07) is 59.3. The van der Waals surface area contributed by atoms with Crippen LogP contribution in [-0.4, -0.2) is 58.9 Å². The van der Waals surface area contributed by atoms with Gasteiger partial charge in [0.15, 0.2) is 0 Å². The molecule has 1 fully saturated rings. The Bertz CT molecular complexity index is 2070. The monoisotopic (exact) mass is 1210 g/mol. The third-order valence-corrected chi connectivity index (χ3v) is 12.4. The summed E-state index contributed by atoms with van der Waals surface area (Å²) in [5.41, 5.74) is 29.8. The first-order valence-corrected chi connectivity index (χ1v) is 24.5. The maximum absolute atomic E-state index is 8.93. The number of hydrogen-bond acceptors (Lipinski definition) is 6. The normalized spacial score (nSPS) is 15.8. The third-order valence-electron chi connectivity index (χ3n) is 10.6. The maximum atomic E-state index is 8.93. The Hall–Kier alpha value is 1.38. The molecule has 4 unspecified atom stereocenters. The zero-order valence-corrected chi connectivity index (χ0v) is 48.2. The molecule has 0 saturated carbocycles. The second-order valence-corrected chi connectivity index (χ2v) is 17.5. The Morgan fingerprint density at radius 2 is 0.890 bits per heavy atom. The van der Waals surface area contributed by atoms with Gasteiger partial charge >= 0.3 is 17.1 Å². The maximum Gasteiger partial charge on any atom is 4.00 e. The molecule has 1 saturated heterocycles. The van der Waals surface area contributed by atoms with Crippen molar-refractivity contribution in [3.8, 4) is 0 Å². The van der Waals surface area contributed by atoms with Gasteiger partial charge in [-0.15, -0.1) is 46.9 Å². The van der Waals surface area contributed by atoms with Crippen LogP contribution >= 0.6 is 42.6 Å². The van der Waals surface area contributed by atoms with Gasteiger partial charge in [0.1, 0.15) is 0 Å². The molecule has 1 aliphatic rings. The van der Waals surface area contributed by atoms with Crippen molar-refractivity contribution in [2.75, 3.05) is 18.9 Å². The molecule has 10 atom stereocenters. The number of halogens is 2. The van der Waals surface area contributed by atoms with E-state index in [0.717, 1.165) is 59.5 Å². The molecule has 9 nitrogen and oxygen atoms in total. The fourth-order valence-electron chi connectivity index (χ4n) is 7.14.